The molecular formula is C14H26O3. The molecule has 0 atom stereocenters. The largest absolute Gasteiger partial charge is 0.327 e. The second-order valence-corrected chi connectivity index (χ2v) is 5.88. The Bertz CT molecular complexity index is 225. The molecule has 3 nitrogen and oxygen atoms in total. The zero-order valence-electron chi connectivity index (χ0n) is 11.5. The lowest BCUT2D eigenvalue weighted by Crippen LogP contribution is -2.61. The minimum atomic E-state index is -0.704. The van der Waals surface area contributed by atoms with Gasteiger partial charge in [0.05, 0.1) is 19.8 Å². The van der Waals surface area contributed by atoms with Gasteiger partial charge in [0.2, 0.25) is 0 Å². The second-order valence-electron chi connectivity index (χ2n) is 5.88. The zero-order chi connectivity index (χ0) is 12.4. The van der Waals surface area contributed by atoms with Gasteiger partial charge in [0, 0.05) is 11.8 Å². The lowest BCUT2D eigenvalue weighted by molar-refractivity contribution is -0.474. The first-order valence-electron chi connectivity index (χ1n) is 7.04. The lowest BCUT2D eigenvalue weighted by atomic mass is 9.77. The zero-order valence-corrected chi connectivity index (χ0v) is 11.5. The number of unbranched alkanes of at least 4 members (excludes halogenated alkanes) is 3. The van der Waals surface area contributed by atoms with E-state index in [1.807, 2.05) is 0 Å². The van der Waals surface area contributed by atoms with Gasteiger partial charge < -0.3 is 14.2 Å². The van der Waals surface area contributed by atoms with Crippen molar-refractivity contribution in [3.05, 3.63) is 0 Å². The monoisotopic (exact) mass is 242 g/mol. The van der Waals surface area contributed by atoms with Crippen LogP contribution in [0.15, 0.2) is 0 Å². The second kappa shape index (κ2) is 5.25. The van der Waals surface area contributed by atoms with Gasteiger partial charge >= 0.3 is 0 Å². The van der Waals surface area contributed by atoms with Gasteiger partial charge in [-0.1, -0.05) is 40.0 Å². The molecule has 0 aliphatic carbocycles. The molecule has 0 aromatic rings. The highest BCUT2D eigenvalue weighted by Gasteiger charge is 2.53. The van der Waals surface area contributed by atoms with E-state index in [1.54, 1.807) is 0 Å². The van der Waals surface area contributed by atoms with Gasteiger partial charge in [-0.2, -0.15) is 0 Å². The molecule has 3 rings (SSSR count). The molecule has 2 bridgehead atoms. The SMILES string of the molecule is CCCCCCC12OCC(C(C)C)(CO1)CO2. The van der Waals surface area contributed by atoms with Crippen LogP contribution < -0.4 is 0 Å². The molecule has 0 spiro atoms. The van der Waals surface area contributed by atoms with Crippen LogP contribution in [-0.2, 0) is 14.2 Å². The molecule has 3 heterocycles. The molecule has 0 amide bonds. The third-order valence-electron chi connectivity index (χ3n) is 4.30. The van der Waals surface area contributed by atoms with Crippen molar-refractivity contribution < 1.29 is 14.2 Å². The Balaban J connectivity index is 1.82. The predicted octanol–water partition coefficient (Wildman–Crippen LogP) is 3.33. The third kappa shape index (κ3) is 2.67. The van der Waals surface area contributed by atoms with Crippen LogP contribution in [0, 0.1) is 11.3 Å². The molecule has 0 N–H and O–H groups in total. The van der Waals surface area contributed by atoms with Crippen molar-refractivity contribution in [2.45, 2.75) is 58.8 Å². The Morgan fingerprint density at radius 1 is 0.941 bits per heavy atom. The van der Waals surface area contributed by atoms with Crippen molar-refractivity contribution in [1.29, 1.82) is 0 Å². The van der Waals surface area contributed by atoms with Gasteiger partial charge in [-0.15, -0.1) is 0 Å². The van der Waals surface area contributed by atoms with Crippen LogP contribution in [0.4, 0.5) is 0 Å². The van der Waals surface area contributed by atoms with Crippen LogP contribution >= 0.6 is 0 Å². The van der Waals surface area contributed by atoms with Crippen molar-refractivity contribution in [2.24, 2.45) is 11.3 Å². The Morgan fingerprint density at radius 3 is 2.00 bits per heavy atom. The quantitative estimate of drug-likeness (QED) is 0.669. The van der Waals surface area contributed by atoms with E-state index in [0.29, 0.717) is 5.92 Å². The minimum absolute atomic E-state index is 0.0885. The van der Waals surface area contributed by atoms with E-state index in [2.05, 4.69) is 20.8 Å². The number of hydrogen-bond acceptors (Lipinski definition) is 3. The van der Waals surface area contributed by atoms with Crippen molar-refractivity contribution >= 4 is 0 Å². The summed E-state index contributed by atoms with van der Waals surface area (Å²) in [6.07, 6.45) is 5.78. The Kier molecular flexibility index (Phi) is 4.11. The van der Waals surface area contributed by atoms with Crippen LogP contribution in [0.3, 0.4) is 0 Å². The fourth-order valence-electron chi connectivity index (χ4n) is 2.50. The van der Waals surface area contributed by atoms with Crippen LogP contribution in [0.1, 0.15) is 52.9 Å². The summed E-state index contributed by atoms with van der Waals surface area (Å²) in [6, 6.07) is 0. The smallest absolute Gasteiger partial charge is 0.282 e. The van der Waals surface area contributed by atoms with Crippen molar-refractivity contribution in [3.63, 3.8) is 0 Å². The topological polar surface area (TPSA) is 27.7 Å². The number of ether oxygens (including phenoxy) is 3. The van der Waals surface area contributed by atoms with E-state index in [4.69, 9.17) is 14.2 Å². The molecule has 3 heteroatoms. The van der Waals surface area contributed by atoms with E-state index in [0.717, 1.165) is 32.7 Å². The first-order chi connectivity index (χ1) is 8.13. The predicted molar refractivity (Wildman–Crippen MR) is 66.6 cm³/mol. The highest BCUT2D eigenvalue weighted by Crippen LogP contribution is 2.44. The molecule has 0 radical (unpaired) electrons. The van der Waals surface area contributed by atoms with E-state index < -0.39 is 5.97 Å². The summed E-state index contributed by atoms with van der Waals surface area (Å²) < 4.78 is 17.6. The van der Waals surface area contributed by atoms with Gasteiger partial charge in [-0.3, -0.25) is 0 Å². The maximum atomic E-state index is 5.86. The van der Waals surface area contributed by atoms with E-state index in [-0.39, 0.29) is 5.41 Å². The van der Waals surface area contributed by atoms with Crippen LogP contribution in [0.5, 0.6) is 0 Å². The molecular weight excluding hydrogens is 216 g/mol. The summed E-state index contributed by atoms with van der Waals surface area (Å²) in [5.41, 5.74) is 0.0885. The van der Waals surface area contributed by atoms with Crippen molar-refractivity contribution in [2.75, 3.05) is 19.8 Å². The summed E-state index contributed by atoms with van der Waals surface area (Å²) in [5.74, 6) is -0.161. The molecule has 3 aliphatic rings. The maximum absolute atomic E-state index is 5.86. The standard InChI is InChI=1S/C14H26O3/c1-4-5-6-7-8-14-15-9-13(10-16-14,11-17-14)12(2)3/h12H,4-11H2,1-3H3. The molecule has 3 saturated heterocycles. The van der Waals surface area contributed by atoms with E-state index in [1.165, 1.54) is 19.3 Å². The van der Waals surface area contributed by atoms with Gasteiger partial charge in [0.1, 0.15) is 0 Å². The van der Waals surface area contributed by atoms with Gasteiger partial charge in [-0.05, 0) is 12.3 Å². The normalized spacial score (nSPS) is 36.7. The van der Waals surface area contributed by atoms with Gasteiger partial charge in [0.25, 0.3) is 5.97 Å². The maximum Gasteiger partial charge on any atom is 0.282 e. The Morgan fingerprint density at radius 2 is 1.53 bits per heavy atom. The van der Waals surface area contributed by atoms with Crippen LogP contribution in [0.25, 0.3) is 0 Å². The third-order valence-corrected chi connectivity index (χ3v) is 4.30. The van der Waals surface area contributed by atoms with Crippen molar-refractivity contribution in [3.8, 4) is 0 Å². The number of fused-ring (bicyclic) bond motifs is 3. The average Bonchev–Trinajstić information content (AvgIpc) is 2.37. The first-order valence-corrected chi connectivity index (χ1v) is 7.04. The highest BCUT2D eigenvalue weighted by atomic mass is 16.9. The van der Waals surface area contributed by atoms with E-state index >= 15 is 0 Å². The molecule has 17 heavy (non-hydrogen) atoms. The molecule has 0 unspecified atom stereocenters. The van der Waals surface area contributed by atoms with Crippen LogP contribution in [0.2, 0.25) is 0 Å². The number of rotatable bonds is 6. The number of hydrogen-bond donors (Lipinski definition) is 0. The summed E-state index contributed by atoms with van der Waals surface area (Å²) in [7, 11) is 0. The molecule has 0 aromatic heterocycles. The van der Waals surface area contributed by atoms with Gasteiger partial charge in [-0.25, -0.2) is 0 Å². The Labute approximate surface area is 105 Å². The fraction of sp³-hybridized carbons (Fsp3) is 1.00. The molecule has 0 saturated carbocycles. The summed E-state index contributed by atoms with van der Waals surface area (Å²) >= 11 is 0. The molecule has 0 aromatic carbocycles. The molecule has 3 fully saturated rings. The summed E-state index contributed by atoms with van der Waals surface area (Å²) in [5, 5.41) is 0. The summed E-state index contributed by atoms with van der Waals surface area (Å²) in [6.45, 7) is 9.03. The average molecular weight is 242 g/mol. The first kappa shape index (κ1) is 13.3. The Hall–Kier alpha value is -0.120. The lowest BCUT2D eigenvalue weighted by Gasteiger charge is -2.53. The highest BCUT2D eigenvalue weighted by molar-refractivity contribution is 4.90. The van der Waals surface area contributed by atoms with E-state index in [9.17, 15) is 0 Å². The van der Waals surface area contributed by atoms with Crippen LogP contribution in [-0.4, -0.2) is 25.8 Å². The molecule has 100 valence electrons. The fourth-order valence-corrected chi connectivity index (χ4v) is 2.50. The molecule has 3 aliphatic heterocycles. The van der Waals surface area contributed by atoms with Gasteiger partial charge in [0.15, 0.2) is 0 Å². The minimum Gasteiger partial charge on any atom is -0.327 e. The van der Waals surface area contributed by atoms with Crippen molar-refractivity contribution in [1.82, 2.24) is 0 Å². The summed E-state index contributed by atoms with van der Waals surface area (Å²) in [4.78, 5) is 0.